The number of H-pyrrole nitrogens is 1. The Hall–Kier alpha value is -2.40. The van der Waals surface area contributed by atoms with Crippen LogP contribution in [0.4, 0.5) is 5.69 Å². The molecule has 0 fully saturated rings. The number of hydrogen-bond acceptors (Lipinski definition) is 3. The van der Waals surface area contributed by atoms with Crippen molar-refractivity contribution in [3.63, 3.8) is 0 Å². The van der Waals surface area contributed by atoms with E-state index in [9.17, 15) is 4.79 Å². The SMILES string of the molecule is Cc1ccc(Cl)cc1NC(=O)c1ccc2n[nH]nc2c1. The third kappa shape index (κ3) is 2.35. The van der Waals surface area contributed by atoms with Crippen molar-refractivity contribution in [1.82, 2.24) is 15.4 Å². The van der Waals surface area contributed by atoms with Gasteiger partial charge in [0.25, 0.3) is 5.91 Å². The standard InChI is InChI=1S/C14H11ClN4O/c1-8-2-4-10(15)7-12(8)16-14(20)9-3-5-11-13(6-9)18-19-17-11/h2-7H,1H3,(H,16,20)(H,17,18,19). The number of nitrogens with one attached hydrogen (secondary N) is 2. The number of carbonyl (C=O) groups excluding carboxylic acids is 1. The Morgan fingerprint density at radius 3 is 2.80 bits per heavy atom. The molecule has 0 saturated carbocycles. The smallest absolute Gasteiger partial charge is 0.255 e. The molecule has 0 aliphatic rings. The normalized spacial score (nSPS) is 10.7. The van der Waals surface area contributed by atoms with Gasteiger partial charge in [-0.15, -0.1) is 0 Å². The van der Waals surface area contributed by atoms with Crippen LogP contribution in [0.2, 0.25) is 5.02 Å². The first-order valence-electron chi connectivity index (χ1n) is 6.01. The molecule has 1 heterocycles. The van der Waals surface area contributed by atoms with Gasteiger partial charge in [-0.3, -0.25) is 4.79 Å². The molecule has 3 aromatic rings. The van der Waals surface area contributed by atoms with Crippen molar-refractivity contribution in [1.29, 1.82) is 0 Å². The predicted octanol–water partition coefficient (Wildman–Crippen LogP) is 3.17. The minimum absolute atomic E-state index is 0.208. The molecule has 0 radical (unpaired) electrons. The summed E-state index contributed by atoms with van der Waals surface area (Å²) in [6.45, 7) is 1.91. The summed E-state index contributed by atoms with van der Waals surface area (Å²) in [7, 11) is 0. The van der Waals surface area contributed by atoms with Crippen LogP contribution in [0.15, 0.2) is 36.4 Å². The van der Waals surface area contributed by atoms with Gasteiger partial charge in [0.2, 0.25) is 0 Å². The number of anilines is 1. The highest BCUT2D eigenvalue weighted by atomic mass is 35.5. The van der Waals surface area contributed by atoms with E-state index >= 15 is 0 Å². The van der Waals surface area contributed by atoms with E-state index in [1.165, 1.54) is 0 Å². The zero-order chi connectivity index (χ0) is 14.1. The second-order valence-corrected chi connectivity index (χ2v) is 4.88. The second-order valence-electron chi connectivity index (χ2n) is 4.44. The summed E-state index contributed by atoms with van der Waals surface area (Å²) in [5.74, 6) is -0.208. The number of aromatic nitrogens is 3. The Balaban J connectivity index is 1.90. The minimum atomic E-state index is -0.208. The maximum Gasteiger partial charge on any atom is 0.255 e. The van der Waals surface area contributed by atoms with E-state index in [1.54, 1.807) is 30.3 Å². The molecule has 3 rings (SSSR count). The summed E-state index contributed by atoms with van der Waals surface area (Å²) in [6, 6.07) is 10.5. The first-order chi connectivity index (χ1) is 9.63. The number of carbonyl (C=O) groups is 1. The molecular weight excluding hydrogens is 276 g/mol. The third-order valence-corrected chi connectivity index (χ3v) is 3.26. The van der Waals surface area contributed by atoms with Crippen molar-refractivity contribution in [2.24, 2.45) is 0 Å². The molecule has 1 amide bonds. The van der Waals surface area contributed by atoms with E-state index in [0.29, 0.717) is 21.8 Å². The Bertz CT molecular complexity index is 797. The van der Waals surface area contributed by atoms with Crippen LogP contribution in [0.3, 0.4) is 0 Å². The number of aromatic amines is 1. The van der Waals surface area contributed by atoms with Crippen molar-refractivity contribution < 1.29 is 4.79 Å². The molecule has 0 saturated heterocycles. The Morgan fingerprint density at radius 2 is 1.95 bits per heavy atom. The van der Waals surface area contributed by atoms with Crippen LogP contribution in [0.1, 0.15) is 15.9 Å². The highest BCUT2D eigenvalue weighted by molar-refractivity contribution is 6.31. The maximum atomic E-state index is 12.2. The number of benzene rings is 2. The Labute approximate surface area is 120 Å². The molecule has 100 valence electrons. The van der Waals surface area contributed by atoms with Gasteiger partial charge < -0.3 is 5.32 Å². The maximum absolute atomic E-state index is 12.2. The molecule has 0 spiro atoms. The number of amides is 1. The second kappa shape index (κ2) is 4.94. The Morgan fingerprint density at radius 1 is 1.15 bits per heavy atom. The molecule has 0 aliphatic carbocycles. The average Bonchev–Trinajstić information content (AvgIpc) is 2.90. The van der Waals surface area contributed by atoms with Crippen LogP contribution in [0.5, 0.6) is 0 Å². The molecule has 0 atom stereocenters. The predicted molar refractivity (Wildman–Crippen MR) is 78.0 cm³/mol. The van der Waals surface area contributed by atoms with Crippen LogP contribution < -0.4 is 5.32 Å². The van der Waals surface area contributed by atoms with Gasteiger partial charge in [-0.25, -0.2) is 0 Å². The van der Waals surface area contributed by atoms with Gasteiger partial charge in [-0.1, -0.05) is 17.7 Å². The summed E-state index contributed by atoms with van der Waals surface area (Å²) in [5, 5.41) is 13.9. The quantitative estimate of drug-likeness (QED) is 0.760. The van der Waals surface area contributed by atoms with Crippen molar-refractivity contribution in [2.75, 3.05) is 5.32 Å². The van der Waals surface area contributed by atoms with Gasteiger partial charge >= 0.3 is 0 Å². The molecule has 0 bridgehead atoms. The number of rotatable bonds is 2. The summed E-state index contributed by atoms with van der Waals surface area (Å²) in [5.41, 5.74) is 3.54. The summed E-state index contributed by atoms with van der Waals surface area (Å²) in [4.78, 5) is 12.2. The number of halogens is 1. The van der Waals surface area contributed by atoms with Crippen molar-refractivity contribution >= 4 is 34.2 Å². The van der Waals surface area contributed by atoms with Gasteiger partial charge in [0, 0.05) is 16.3 Å². The Kier molecular flexibility index (Phi) is 3.12. The lowest BCUT2D eigenvalue weighted by molar-refractivity contribution is 0.102. The van der Waals surface area contributed by atoms with Crippen LogP contribution in [0.25, 0.3) is 11.0 Å². The monoisotopic (exact) mass is 286 g/mol. The van der Waals surface area contributed by atoms with Crippen LogP contribution in [-0.2, 0) is 0 Å². The van der Waals surface area contributed by atoms with Crippen LogP contribution in [0, 0.1) is 6.92 Å². The number of hydrogen-bond donors (Lipinski definition) is 2. The van der Waals surface area contributed by atoms with Gasteiger partial charge in [0.15, 0.2) is 0 Å². The zero-order valence-electron chi connectivity index (χ0n) is 10.6. The number of fused-ring (bicyclic) bond motifs is 1. The van der Waals surface area contributed by atoms with E-state index in [-0.39, 0.29) is 5.91 Å². The summed E-state index contributed by atoms with van der Waals surface area (Å²) >= 11 is 5.94. The van der Waals surface area contributed by atoms with E-state index < -0.39 is 0 Å². The topological polar surface area (TPSA) is 70.7 Å². The van der Waals surface area contributed by atoms with E-state index in [4.69, 9.17) is 11.6 Å². The first kappa shape index (κ1) is 12.6. The molecule has 2 N–H and O–H groups in total. The van der Waals surface area contributed by atoms with Crippen molar-refractivity contribution in [2.45, 2.75) is 6.92 Å². The molecule has 20 heavy (non-hydrogen) atoms. The first-order valence-corrected chi connectivity index (χ1v) is 6.39. The van der Waals surface area contributed by atoms with E-state index in [0.717, 1.165) is 11.1 Å². The highest BCUT2D eigenvalue weighted by Gasteiger charge is 2.10. The summed E-state index contributed by atoms with van der Waals surface area (Å²) in [6.07, 6.45) is 0. The van der Waals surface area contributed by atoms with Crippen molar-refractivity contribution in [3.8, 4) is 0 Å². The number of aryl methyl sites for hydroxylation is 1. The fourth-order valence-corrected chi connectivity index (χ4v) is 2.08. The molecule has 0 unspecified atom stereocenters. The molecule has 1 aromatic heterocycles. The van der Waals surface area contributed by atoms with Crippen LogP contribution in [-0.4, -0.2) is 21.3 Å². The fraction of sp³-hybridized carbons (Fsp3) is 0.0714. The van der Waals surface area contributed by atoms with Gasteiger partial charge in [0.1, 0.15) is 11.0 Å². The average molecular weight is 287 g/mol. The third-order valence-electron chi connectivity index (χ3n) is 3.03. The van der Waals surface area contributed by atoms with E-state index in [2.05, 4.69) is 20.7 Å². The highest BCUT2D eigenvalue weighted by Crippen LogP contribution is 2.21. The summed E-state index contributed by atoms with van der Waals surface area (Å²) < 4.78 is 0. The lowest BCUT2D eigenvalue weighted by Gasteiger charge is -2.08. The molecule has 0 aliphatic heterocycles. The molecular formula is C14H11ClN4O. The largest absolute Gasteiger partial charge is 0.322 e. The van der Waals surface area contributed by atoms with Crippen molar-refractivity contribution in [3.05, 3.63) is 52.5 Å². The van der Waals surface area contributed by atoms with Gasteiger partial charge in [0.05, 0.1) is 0 Å². The minimum Gasteiger partial charge on any atom is -0.322 e. The fourth-order valence-electron chi connectivity index (χ4n) is 1.90. The van der Waals surface area contributed by atoms with E-state index in [1.807, 2.05) is 13.0 Å². The molecule has 2 aromatic carbocycles. The van der Waals surface area contributed by atoms with Gasteiger partial charge in [-0.05, 0) is 42.8 Å². The lowest BCUT2D eigenvalue weighted by Crippen LogP contribution is -2.12. The zero-order valence-corrected chi connectivity index (χ0v) is 11.4. The van der Waals surface area contributed by atoms with Crippen LogP contribution >= 0.6 is 11.6 Å². The lowest BCUT2D eigenvalue weighted by atomic mass is 10.1. The molecule has 6 heteroatoms. The number of nitrogens with zero attached hydrogens (tertiary/aromatic N) is 2. The molecule has 5 nitrogen and oxygen atoms in total. The van der Waals surface area contributed by atoms with Gasteiger partial charge in [-0.2, -0.15) is 15.4 Å².